The van der Waals surface area contributed by atoms with Gasteiger partial charge in [-0.15, -0.1) is 0 Å². The average molecular weight is 535 g/mol. The van der Waals surface area contributed by atoms with E-state index in [1.807, 2.05) is 12.1 Å². The summed E-state index contributed by atoms with van der Waals surface area (Å²) in [7, 11) is 4.62. The smallest absolute Gasteiger partial charge is 0.329 e. The van der Waals surface area contributed by atoms with Crippen molar-refractivity contribution < 1.29 is 33.3 Å². The van der Waals surface area contributed by atoms with Crippen LogP contribution in [0.2, 0.25) is 0 Å². The Morgan fingerprint density at radius 1 is 0.821 bits per heavy atom. The molecule has 3 aromatic rings. The van der Waals surface area contributed by atoms with Crippen molar-refractivity contribution in [3.8, 4) is 23.0 Å². The van der Waals surface area contributed by atoms with E-state index >= 15 is 0 Å². The maximum absolute atomic E-state index is 12.2. The van der Waals surface area contributed by atoms with Gasteiger partial charge < -0.3 is 29.6 Å². The highest BCUT2D eigenvalue weighted by atomic mass is 16.5. The summed E-state index contributed by atoms with van der Waals surface area (Å²) in [4.78, 5) is 36.2. The molecule has 0 saturated carbocycles. The van der Waals surface area contributed by atoms with E-state index in [1.54, 1.807) is 68.8 Å². The van der Waals surface area contributed by atoms with Gasteiger partial charge in [0.1, 0.15) is 11.5 Å². The largest absolute Gasteiger partial charge is 0.495 e. The number of carbonyl (C=O) groups is 3. The van der Waals surface area contributed by atoms with Crippen molar-refractivity contribution in [2.45, 2.75) is 6.42 Å². The van der Waals surface area contributed by atoms with Crippen molar-refractivity contribution in [3.63, 3.8) is 0 Å². The van der Waals surface area contributed by atoms with E-state index in [0.717, 1.165) is 5.56 Å². The van der Waals surface area contributed by atoms with Crippen LogP contribution in [-0.4, -0.2) is 58.4 Å². The molecule has 0 aromatic heterocycles. The highest BCUT2D eigenvalue weighted by molar-refractivity contribution is 6.35. The fourth-order valence-electron chi connectivity index (χ4n) is 3.39. The molecule has 0 aliphatic rings. The first kappa shape index (κ1) is 28.5. The van der Waals surface area contributed by atoms with Crippen molar-refractivity contribution >= 4 is 29.6 Å². The minimum absolute atomic E-state index is 0.192. The van der Waals surface area contributed by atoms with E-state index < -0.39 is 11.8 Å². The minimum Gasteiger partial charge on any atom is -0.495 e. The Balaban J connectivity index is 1.38. The molecular weight excluding hydrogens is 504 g/mol. The first-order chi connectivity index (χ1) is 18.9. The van der Waals surface area contributed by atoms with Gasteiger partial charge in [0.05, 0.1) is 33.2 Å². The van der Waals surface area contributed by atoms with Crippen LogP contribution >= 0.6 is 0 Å². The van der Waals surface area contributed by atoms with E-state index in [-0.39, 0.29) is 19.1 Å². The number of benzene rings is 3. The van der Waals surface area contributed by atoms with Gasteiger partial charge in [0.2, 0.25) is 0 Å². The third-order valence-electron chi connectivity index (χ3n) is 5.36. The average Bonchev–Trinajstić information content (AvgIpc) is 2.96. The molecule has 0 aliphatic carbocycles. The molecule has 0 heterocycles. The summed E-state index contributed by atoms with van der Waals surface area (Å²) >= 11 is 0. The number of rotatable bonds is 12. The molecule has 3 aromatic carbocycles. The molecule has 0 aliphatic heterocycles. The summed E-state index contributed by atoms with van der Waals surface area (Å²) in [5.41, 5.74) is 4.30. The predicted molar refractivity (Wildman–Crippen MR) is 146 cm³/mol. The number of carbonyl (C=O) groups excluding carboxylic acids is 3. The standard InChI is InChI=1S/C28H30N4O7/c1-36-23-7-5-4-6-22(23)31-26(33)18-39-21-11-8-20(9-12-21)17-30-32-28(35)27(34)29-15-14-19-10-13-24(37-2)25(16-19)38-3/h4-13,16-17H,14-15,18H2,1-3H3,(H,29,34)(H,31,33)(H,32,35)/b30-17-. The first-order valence-electron chi connectivity index (χ1n) is 11.9. The summed E-state index contributed by atoms with van der Waals surface area (Å²) in [6.07, 6.45) is 1.88. The molecule has 3 amide bonds. The molecule has 0 fully saturated rings. The molecular formula is C28H30N4O7. The molecule has 3 rings (SSSR count). The van der Waals surface area contributed by atoms with Gasteiger partial charge in [-0.25, -0.2) is 5.43 Å². The Hall–Kier alpha value is -5.06. The number of amides is 3. The molecule has 0 bridgehead atoms. The fourth-order valence-corrected chi connectivity index (χ4v) is 3.39. The van der Waals surface area contributed by atoms with Crippen LogP contribution < -0.4 is 35.0 Å². The van der Waals surface area contributed by atoms with Gasteiger partial charge in [-0.1, -0.05) is 18.2 Å². The Labute approximate surface area is 226 Å². The number of ether oxygens (including phenoxy) is 4. The highest BCUT2D eigenvalue weighted by Gasteiger charge is 2.12. The van der Waals surface area contributed by atoms with Crippen LogP contribution in [0, 0.1) is 0 Å². The third-order valence-corrected chi connectivity index (χ3v) is 5.36. The van der Waals surface area contributed by atoms with Gasteiger partial charge in [-0.2, -0.15) is 5.10 Å². The number of nitrogens with one attached hydrogen (secondary N) is 3. The molecule has 11 nitrogen and oxygen atoms in total. The van der Waals surface area contributed by atoms with Gasteiger partial charge in [0.25, 0.3) is 5.91 Å². The fraction of sp³-hybridized carbons (Fsp3) is 0.214. The van der Waals surface area contributed by atoms with Crippen molar-refractivity contribution in [2.75, 3.05) is 39.8 Å². The maximum Gasteiger partial charge on any atom is 0.329 e. The topological polar surface area (TPSA) is 137 Å². The molecule has 204 valence electrons. The van der Waals surface area contributed by atoms with E-state index in [2.05, 4.69) is 21.2 Å². The summed E-state index contributed by atoms with van der Waals surface area (Å²) in [5.74, 6) is 0.186. The predicted octanol–water partition coefficient (Wildman–Crippen LogP) is 2.54. The lowest BCUT2D eigenvalue weighted by molar-refractivity contribution is -0.139. The molecule has 0 unspecified atom stereocenters. The van der Waals surface area contributed by atoms with Gasteiger partial charge in [0, 0.05) is 6.54 Å². The number of para-hydroxylation sites is 2. The Bertz CT molecular complexity index is 1310. The van der Waals surface area contributed by atoms with Gasteiger partial charge in [-0.3, -0.25) is 14.4 Å². The number of hydrogen-bond acceptors (Lipinski definition) is 8. The van der Waals surface area contributed by atoms with Gasteiger partial charge in [-0.05, 0) is 66.1 Å². The van der Waals surface area contributed by atoms with Crippen molar-refractivity contribution in [1.82, 2.24) is 10.7 Å². The van der Waals surface area contributed by atoms with E-state index in [9.17, 15) is 14.4 Å². The molecule has 39 heavy (non-hydrogen) atoms. The SMILES string of the molecule is COc1ccccc1NC(=O)COc1ccc(/C=N\NC(=O)C(=O)NCCc2ccc(OC)c(OC)c2)cc1. The van der Waals surface area contributed by atoms with Crippen LogP contribution in [-0.2, 0) is 20.8 Å². The lowest BCUT2D eigenvalue weighted by atomic mass is 10.1. The zero-order chi connectivity index (χ0) is 28.0. The Kier molecular flexibility index (Phi) is 10.7. The summed E-state index contributed by atoms with van der Waals surface area (Å²) in [5, 5.41) is 9.08. The number of anilines is 1. The van der Waals surface area contributed by atoms with Crippen molar-refractivity contribution in [1.29, 1.82) is 0 Å². The van der Waals surface area contributed by atoms with Crippen LogP contribution in [0.25, 0.3) is 0 Å². The zero-order valence-corrected chi connectivity index (χ0v) is 21.9. The van der Waals surface area contributed by atoms with Crippen molar-refractivity contribution in [3.05, 3.63) is 77.9 Å². The number of hydrazone groups is 1. The molecule has 11 heteroatoms. The Morgan fingerprint density at radius 3 is 2.26 bits per heavy atom. The zero-order valence-electron chi connectivity index (χ0n) is 21.9. The number of nitrogens with zero attached hydrogens (tertiary/aromatic N) is 1. The quantitative estimate of drug-likeness (QED) is 0.185. The monoisotopic (exact) mass is 534 g/mol. The molecule has 0 spiro atoms. The summed E-state index contributed by atoms with van der Waals surface area (Å²) < 4.78 is 21.2. The second-order valence-corrected chi connectivity index (χ2v) is 8.00. The highest BCUT2D eigenvalue weighted by Crippen LogP contribution is 2.27. The minimum atomic E-state index is -0.889. The first-order valence-corrected chi connectivity index (χ1v) is 11.9. The Morgan fingerprint density at radius 2 is 1.54 bits per heavy atom. The summed E-state index contributed by atoms with van der Waals surface area (Å²) in [6, 6.07) is 19.2. The number of methoxy groups -OCH3 is 3. The van der Waals surface area contributed by atoms with Crippen LogP contribution in [0.4, 0.5) is 5.69 Å². The lowest BCUT2D eigenvalue weighted by Crippen LogP contribution is -2.38. The van der Waals surface area contributed by atoms with Crippen molar-refractivity contribution in [2.24, 2.45) is 5.10 Å². The van der Waals surface area contributed by atoms with E-state index in [4.69, 9.17) is 18.9 Å². The second kappa shape index (κ2) is 14.6. The number of hydrogen-bond donors (Lipinski definition) is 3. The summed E-state index contributed by atoms with van der Waals surface area (Å²) in [6.45, 7) is 0.0620. The third kappa shape index (κ3) is 8.78. The maximum atomic E-state index is 12.2. The van der Waals surface area contributed by atoms with E-state index in [0.29, 0.717) is 40.7 Å². The van der Waals surface area contributed by atoms with Gasteiger partial charge >= 0.3 is 11.8 Å². The van der Waals surface area contributed by atoms with Crippen LogP contribution in [0.3, 0.4) is 0 Å². The van der Waals surface area contributed by atoms with E-state index in [1.165, 1.54) is 13.3 Å². The lowest BCUT2D eigenvalue weighted by Gasteiger charge is -2.10. The molecule has 3 N–H and O–H groups in total. The van der Waals surface area contributed by atoms with Crippen LogP contribution in [0.1, 0.15) is 11.1 Å². The second-order valence-electron chi connectivity index (χ2n) is 8.00. The van der Waals surface area contributed by atoms with Gasteiger partial charge in [0.15, 0.2) is 18.1 Å². The normalized spacial score (nSPS) is 10.4. The molecule has 0 radical (unpaired) electrons. The molecule has 0 atom stereocenters. The molecule has 0 saturated heterocycles. The van der Waals surface area contributed by atoms with Crippen LogP contribution in [0.5, 0.6) is 23.0 Å². The van der Waals surface area contributed by atoms with Crippen LogP contribution in [0.15, 0.2) is 71.8 Å².